The summed E-state index contributed by atoms with van der Waals surface area (Å²) in [6.45, 7) is 12.3. The number of morpholine rings is 1. The molecule has 0 saturated carbocycles. The maximum atomic E-state index is 6.33. The normalized spacial score (nSPS) is 28.1. The third kappa shape index (κ3) is 3.67. The highest BCUT2D eigenvalue weighted by atomic mass is 16.5. The largest absolute Gasteiger partial charge is 0.379 e. The Bertz CT molecular complexity index is 525. The van der Waals surface area contributed by atoms with Gasteiger partial charge >= 0.3 is 0 Å². The van der Waals surface area contributed by atoms with Crippen LogP contribution in [0.4, 0.5) is 0 Å². The molecular weight excluding hydrogens is 304 g/mol. The highest BCUT2D eigenvalue weighted by Crippen LogP contribution is 2.36. The van der Waals surface area contributed by atoms with Crippen LogP contribution in [0.25, 0.3) is 0 Å². The van der Waals surface area contributed by atoms with Crippen LogP contribution in [0.5, 0.6) is 0 Å². The summed E-state index contributed by atoms with van der Waals surface area (Å²) in [7, 11) is 0. The average molecular weight is 334 g/mol. The molecule has 3 aliphatic heterocycles. The van der Waals surface area contributed by atoms with Gasteiger partial charge in [-0.2, -0.15) is 5.10 Å². The zero-order chi connectivity index (χ0) is 16.4. The van der Waals surface area contributed by atoms with Crippen LogP contribution in [-0.2, 0) is 22.6 Å². The number of nitrogens with zero attached hydrogens (tertiary/aromatic N) is 4. The molecular formula is C18H30N4O2. The van der Waals surface area contributed by atoms with E-state index in [2.05, 4.69) is 28.0 Å². The second-order valence-corrected chi connectivity index (χ2v) is 7.66. The number of hydrogen-bond acceptors (Lipinski definition) is 5. The Morgan fingerprint density at radius 3 is 2.75 bits per heavy atom. The first-order valence-corrected chi connectivity index (χ1v) is 9.42. The highest BCUT2D eigenvalue weighted by molar-refractivity contribution is 5.08. The molecule has 3 fully saturated rings. The average Bonchev–Trinajstić information content (AvgIpc) is 3.04. The van der Waals surface area contributed by atoms with Crippen LogP contribution in [0, 0.1) is 5.92 Å². The van der Waals surface area contributed by atoms with Gasteiger partial charge in [0.15, 0.2) is 0 Å². The molecule has 0 aliphatic carbocycles. The van der Waals surface area contributed by atoms with Gasteiger partial charge in [0.2, 0.25) is 0 Å². The van der Waals surface area contributed by atoms with Crippen molar-refractivity contribution in [2.45, 2.75) is 38.5 Å². The van der Waals surface area contributed by atoms with Gasteiger partial charge in [-0.25, -0.2) is 0 Å². The molecule has 0 radical (unpaired) electrons. The second-order valence-electron chi connectivity index (χ2n) is 7.66. The van der Waals surface area contributed by atoms with Crippen molar-refractivity contribution in [3.8, 4) is 0 Å². The van der Waals surface area contributed by atoms with Gasteiger partial charge in [-0.05, 0) is 25.7 Å². The molecule has 6 heteroatoms. The SMILES string of the molecule is CCn1cc(CN2CC3(CC[C@@H](CN4CCOCC4)CO3)C2)cn1. The fourth-order valence-electron chi connectivity index (χ4n) is 4.26. The molecule has 4 rings (SSSR count). The minimum absolute atomic E-state index is 0.141. The van der Waals surface area contributed by atoms with E-state index in [9.17, 15) is 0 Å². The molecule has 0 bridgehead atoms. The van der Waals surface area contributed by atoms with E-state index in [1.165, 1.54) is 24.9 Å². The van der Waals surface area contributed by atoms with Gasteiger partial charge in [-0.3, -0.25) is 14.5 Å². The number of rotatable bonds is 5. The van der Waals surface area contributed by atoms with Crippen LogP contribution in [-0.4, -0.2) is 77.7 Å². The molecule has 134 valence electrons. The lowest BCUT2D eigenvalue weighted by atomic mass is 9.82. The molecule has 24 heavy (non-hydrogen) atoms. The minimum Gasteiger partial charge on any atom is -0.379 e. The lowest BCUT2D eigenvalue weighted by Crippen LogP contribution is -2.64. The Morgan fingerprint density at radius 2 is 2.08 bits per heavy atom. The number of ether oxygens (including phenoxy) is 2. The van der Waals surface area contributed by atoms with Crippen molar-refractivity contribution in [2.75, 3.05) is 52.5 Å². The van der Waals surface area contributed by atoms with Crippen molar-refractivity contribution in [2.24, 2.45) is 5.92 Å². The molecule has 0 N–H and O–H groups in total. The fraction of sp³-hybridized carbons (Fsp3) is 0.833. The van der Waals surface area contributed by atoms with Crippen molar-refractivity contribution in [3.63, 3.8) is 0 Å². The first-order chi connectivity index (χ1) is 11.7. The Labute approximate surface area is 144 Å². The smallest absolute Gasteiger partial charge is 0.0935 e. The summed E-state index contributed by atoms with van der Waals surface area (Å²) in [5, 5.41) is 4.36. The minimum atomic E-state index is 0.141. The summed E-state index contributed by atoms with van der Waals surface area (Å²) >= 11 is 0. The fourth-order valence-corrected chi connectivity index (χ4v) is 4.26. The quantitative estimate of drug-likeness (QED) is 0.810. The predicted molar refractivity (Wildman–Crippen MR) is 91.8 cm³/mol. The Hall–Kier alpha value is -0.950. The molecule has 0 amide bonds. The van der Waals surface area contributed by atoms with Gasteiger partial charge < -0.3 is 9.47 Å². The molecule has 1 aromatic heterocycles. The van der Waals surface area contributed by atoms with Crippen molar-refractivity contribution in [3.05, 3.63) is 18.0 Å². The molecule has 4 heterocycles. The zero-order valence-corrected chi connectivity index (χ0v) is 14.8. The van der Waals surface area contributed by atoms with E-state index < -0.39 is 0 Å². The number of hydrogen-bond donors (Lipinski definition) is 0. The number of likely N-dealkylation sites (tertiary alicyclic amines) is 1. The molecule has 0 unspecified atom stereocenters. The molecule has 1 spiro atoms. The van der Waals surface area contributed by atoms with E-state index in [4.69, 9.17) is 9.47 Å². The summed E-state index contributed by atoms with van der Waals surface area (Å²) in [6.07, 6.45) is 6.67. The lowest BCUT2D eigenvalue weighted by molar-refractivity contribution is -0.184. The summed E-state index contributed by atoms with van der Waals surface area (Å²) in [4.78, 5) is 5.02. The zero-order valence-electron chi connectivity index (χ0n) is 14.8. The second kappa shape index (κ2) is 7.12. The van der Waals surface area contributed by atoms with E-state index in [0.717, 1.165) is 59.1 Å². The summed E-state index contributed by atoms with van der Waals surface area (Å²) < 4.78 is 13.8. The maximum absolute atomic E-state index is 6.33. The van der Waals surface area contributed by atoms with Crippen LogP contribution < -0.4 is 0 Å². The molecule has 3 saturated heterocycles. The molecule has 0 aromatic carbocycles. The van der Waals surface area contributed by atoms with Crippen LogP contribution in [0.2, 0.25) is 0 Å². The van der Waals surface area contributed by atoms with E-state index in [0.29, 0.717) is 5.92 Å². The standard InChI is InChI=1S/C18H30N4O2/c1-2-22-12-17(9-19-22)11-21-14-18(15-21)4-3-16(13-24-18)10-20-5-7-23-8-6-20/h9,12,16H,2-8,10-11,13-15H2,1H3/t16-/m0/s1. The number of aromatic nitrogens is 2. The third-order valence-corrected chi connectivity index (χ3v) is 5.69. The lowest BCUT2D eigenvalue weighted by Gasteiger charge is -2.53. The Morgan fingerprint density at radius 1 is 1.25 bits per heavy atom. The van der Waals surface area contributed by atoms with Crippen LogP contribution >= 0.6 is 0 Å². The number of aryl methyl sites for hydroxylation is 1. The van der Waals surface area contributed by atoms with Gasteiger partial charge in [-0.15, -0.1) is 0 Å². The van der Waals surface area contributed by atoms with Crippen LogP contribution in [0.3, 0.4) is 0 Å². The first-order valence-electron chi connectivity index (χ1n) is 9.42. The summed E-state index contributed by atoms with van der Waals surface area (Å²) in [5.74, 6) is 0.700. The Kier molecular flexibility index (Phi) is 4.90. The van der Waals surface area contributed by atoms with Gasteiger partial charge in [0, 0.05) is 57.6 Å². The van der Waals surface area contributed by atoms with Crippen LogP contribution in [0.15, 0.2) is 12.4 Å². The molecule has 1 aromatic rings. The van der Waals surface area contributed by atoms with E-state index >= 15 is 0 Å². The topological polar surface area (TPSA) is 42.8 Å². The maximum Gasteiger partial charge on any atom is 0.0935 e. The summed E-state index contributed by atoms with van der Waals surface area (Å²) in [6, 6.07) is 0. The highest BCUT2D eigenvalue weighted by Gasteiger charge is 2.46. The van der Waals surface area contributed by atoms with E-state index in [1.54, 1.807) is 0 Å². The van der Waals surface area contributed by atoms with E-state index in [-0.39, 0.29) is 5.60 Å². The molecule has 6 nitrogen and oxygen atoms in total. The summed E-state index contributed by atoms with van der Waals surface area (Å²) in [5.41, 5.74) is 1.45. The van der Waals surface area contributed by atoms with E-state index in [1.807, 2.05) is 10.9 Å². The molecule has 3 aliphatic rings. The van der Waals surface area contributed by atoms with Crippen molar-refractivity contribution >= 4 is 0 Å². The van der Waals surface area contributed by atoms with Crippen molar-refractivity contribution < 1.29 is 9.47 Å². The van der Waals surface area contributed by atoms with Gasteiger partial charge in [0.25, 0.3) is 0 Å². The predicted octanol–water partition coefficient (Wildman–Crippen LogP) is 1.22. The Balaban J connectivity index is 1.19. The van der Waals surface area contributed by atoms with Gasteiger partial charge in [-0.1, -0.05) is 0 Å². The first kappa shape index (κ1) is 16.5. The van der Waals surface area contributed by atoms with Crippen molar-refractivity contribution in [1.29, 1.82) is 0 Å². The van der Waals surface area contributed by atoms with Crippen LogP contribution in [0.1, 0.15) is 25.3 Å². The van der Waals surface area contributed by atoms with Crippen molar-refractivity contribution in [1.82, 2.24) is 19.6 Å². The third-order valence-electron chi connectivity index (χ3n) is 5.69. The monoisotopic (exact) mass is 334 g/mol. The molecule has 1 atom stereocenters. The van der Waals surface area contributed by atoms with Gasteiger partial charge in [0.1, 0.15) is 0 Å². The van der Waals surface area contributed by atoms with Gasteiger partial charge in [0.05, 0.1) is 31.6 Å².